The van der Waals surface area contributed by atoms with Crippen molar-refractivity contribution in [2.24, 2.45) is 5.92 Å². The van der Waals surface area contributed by atoms with Gasteiger partial charge in [0.1, 0.15) is 24.2 Å². The molecule has 2 aromatic rings. The van der Waals surface area contributed by atoms with Crippen LogP contribution < -0.4 is 15.4 Å². The van der Waals surface area contributed by atoms with Crippen LogP contribution in [0.15, 0.2) is 42.5 Å². The number of unbranched alkanes of at least 4 members (excludes halogenated alkanes) is 1. The number of halogens is 2. The van der Waals surface area contributed by atoms with Crippen LogP contribution in [-0.2, 0) is 27.2 Å². The molecular formula is C31H41ClFN3O4. The minimum Gasteiger partial charge on any atom is -0.492 e. The number of aryl methyl sites for hydroxylation is 1. The lowest BCUT2D eigenvalue weighted by atomic mass is 10.0. The Morgan fingerprint density at radius 3 is 2.48 bits per heavy atom. The van der Waals surface area contributed by atoms with E-state index in [1.165, 1.54) is 24.0 Å². The molecule has 7 nitrogen and oxygen atoms in total. The van der Waals surface area contributed by atoms with E-state index in [9.17, 15) is 18.8 Å². The number of ether oxygens (including phenoxy) is 1. The lowest BCUT2D eigenvalue weighted by Gasteiger charge is -2.30. The smallest absolute Gasteiger partial charge is 0.243 e. The summed E-state index contributed by atoms with van der Waals surface area (Å²) in [5.74, 6) is -0.201. The fraction of sp³-hybridized carbons (Fsp3) is 0.516. The third kappa shape index (κ3) is 9.30. The summed E-state index contributed by atoms with van der Waals surface area (Å²) in [6, 6.07) is 9.53. The van der Waals surface area contributed by atoms with Crippen molar-refractivity contribution < 1.29 is 23.5 Å². The van der Waals surface area contributed by atoms with Crippen molar-refractivity contribution in [3.63, 3.8) is 0 Å². The summed E-state index contributed by atoms with van der Waals surface area (Å²) >= 11 is 6.18. The van der Waals surface area contributed by atoms with Crippen molar-refractivity contribution in [3.8, 4) is 5.75 Å². The first-order chi connectivity index (χ1) is 19.1. The number of ketones is 1. The van der Waals surface area contributed by atoms with Gasteiger partial charge in [0.15, 0.2) is 5.78 Å². The van der Waals surface area contributed by atoms with E-state index >= 15 is 0 Å². The van der Waals surface area contributed by atoms with Crippen LogP contribution >= 0.6 is 11.6 Å². The number of carbonyl (C=O) groups is 3. The van der Waals surface area contributed by atoms with Crippen molar-refractivity contribution in [1.82, 2.24) is 15.5 Å². The van der Waals surface area contributed by atoms with E-state index < -0.39 is 24.0 Å². The predicted octanol–water partition coefficient (Wildman–Crippen LogP) is 4.73. The van der Waals surface area contributed by atoms with E-state index in [1.54, 1.807) is 26.1 Å². The molecule has 2 N–H and O–H groups in total. The third-order valence-electron chi connectivity index (χ3n) is 7.38. The molecule has 2 aromatic carbocycles. The lowest BCUT2D eigenvalue weighted by molar-refractivity contribution is -0.141. The standard InChI is InChI=1S/C31H41ClFN3O4/c1-5-6-7-23-12-13-25(32)19-28(23)40-17-16-34-29(24-10-11-24)31(39)36(4)20(2)30(38)35-27(21(3)37)18-22-8-14-26(33)15-9-22/h8-9,12-15,19-20,24,27,29,34H,5-7,10-11,16-18H2,1-4H3,(H,35,38)/t20-,27-,29+/m1/s1. The average Bonchev–Trinajstić information content (AvgIpc) is 3.77. The molecule has 9 heteroatoms. The molecule has 0 aromatic heterocycles. The summed E-state index contributed by atoms with van der Waals surface area (Å²) in [4.78, 5) is 40.1. The van der Waals surface area contributed by atoms with Crippen molar-refractivity contribution >= 4 is 29.2 Å². The Morgan fingerprint density at radius 1 is 1.15 bits per heavy atom. The van der Waals surface area contributed by atoms with Crippen LogP contribution in [0.25, 0.3) is 0 Å². The summed E-state index contributed by atoms with van der Waals surface area (Å²) in [7, 11) is 1.61. The zero-order valence-electron chi connectivity index (χ0n) is 23.8. The van der Waals surface area contributed by atoms with Gasteiger partial charge in [0.05, 0.1) is 12.1 Å². The van der Waals surface area contributed by atoms with Crippen LogP contribution in [0.2, 0.25) is 5.02 Å². The molecule has 40 heavy (non-hydrogen) atoms. The van der Waals surface area contributed by atoms with Crippen molar-refractivity contribution in [1.29, 1.82) is 0 Å². The first-order valence-corrected chi connectivity index (χ1v) is 14.4. The number of carbonyl (C=O) groups excluding carboxylic acids is 3. The van der Waals surface area contributed by atoms with Gasteiger partial charge in [-0.15, -0.1) is 0 Å². The first-order valence-electron chi connectivity index (χ1n) is 14.1. The lowest BCUT2D eigenvalue weighted by Crippen LogP contribution is -2.55. The molecule has 1 aliphatic rings. The molecule has 3 atom stereocenters. The maximum absolute atomic E-state index is 13.4. The van der Waals surface area contributed by atoms with E-state index in [1.807, 2.05) is 18.2 Å². The predicted molar refractivity (Wildman–Crippen MR) is 155 cm³/mol. The second-order valence-corrected chi connectivity index (χ2v) is 11.0. The van der Waals surface area contributed by atoms with Gasteiger partial charge in [-0.25, -0.2) is 4.39 Å². The van der Waals surface area contributed by atoms with Crippen molar-refractivity contribution in [2.75, 3.05) is 20.2 Å². The molecule has 0 saturated heterocycles. The Morgan fingerprint density at radius 2 is 1.85 bits per heavy atom. The van der Waals surface area contributed by atoms with Gasteiger partial charge in [-0.2, -0.15) is 0 Å². The summed E-state index contributed by atoms with van der Waals surface area (Å²) in [5, 5.41) is 6.72. The Kier molecular flexibility index (Phi) is 11.9. The highest BCUT2D eigenvalue weighted by molar-refractivity contribution is 6.30. The summed E-state index contributed by atoms with van der Waals surface area (Å²) in [6.07, 6.45) is 5.19. The minimum atomic E-state index is -0.783. The van der Waals surface area contributed by atoms with Gasteiger partial charge in [0, 0.05) is 18.6 Å². The monoisotopic (exact) mass is 573 g/mol. The van der Waals surface area contributed by atoms with Crippen molar-refractivity contribution in [3.05, 3.63) is 64.4 Å². The number of likely N-dealkylation sites (N-methyl/N-ethyl adjacent to an activating group) is 1. The molecule has 218 valence electrons. The largest absolute Gasteiger partial charge is 0.492 e. The normalized spacial score (nSPS) is 15.2. The number of nitrogens with one attached hydrogen (secondary N) is 2. The van der Waals surface area contributed by atoms with E-state index in [2.05, 4.69) is 17.6 Å². The second kappa shape index (κ2) is 15.1. The molecule has 0 aliphatic heterocycles. The molecule has 0 spiro atoms. The molecule has 0 heterocycles. The Labute approximate surface area is 241 Å². The number of nitrogens with zero attached hydrogens (tertiary/aromatic N) is 1. The fourth-order valence-electron chi connectivity index (χ4n) is 4.53. The number of hydrogen-bond acceptors (Lipinski definition) is 5. The number of amides is 2. The van der Waals surface area contributed by atoms with Gasteiger partial charge in [-0.3, -0.25) is 14.4 Å². The Bertz CT molecular complexity index is 1160. The van der Waals surface area contributed by atoms with E-state index in [4.69, 9.17) is 16.3 Å². The van der Waals surface area contributed by atoms with Crippen LogP contribution in [0.5, 0.6) is 5.75 Å². The average molecular weight is 574 g/mol. The van der Waals surface area contributed by atoms with E-state index in [-0.39, 0.29) is 29.8 Å². The van der Waals surface area contributed by atoms with Crippen LogP contribution in [0, 0.1) is 11.7 Å². The van der Waals surface area contributed by atoms with Gasteiger partial charge < -0.3 is 20.3 Å². The summed E-state index contributed by atoms with van der Waals surface area (Å²) in [6.45, 7) is 6.03. The van der Waals surface area contributed by atoms with Crippen LogP contribution in [0.3, 0.4) is 0 Å². The second-order valence-electron chi connectivity index (χ2n) is 10.6. The van der Waals surface area contributed by atoms with Crippen molar-refractivity contribution in [2.45, 2.75) is 77.4 Å². The van der Waals surface area contributed by atoms with Crippen LogP contribution in [-0.4, -0.2) is 60.8 Å². The summed E-state index contributed by atoms with van der Waals surface area (Å²) < 4.78 is 19.3. The quantitative estimate of drug-likeness (QED) is 0.283. The fourth-order valence-corrected chi connectivity index (χ4v) is 4.69. The Balaban J connectivity index is 1.54. The molecule has 3 rings (SSSR count). The minimum absolute atomic E-state index is 0.172. The highest BCUT2D eigenvalue weighted by atomic mass is 35.5. The van der Waals surface area contributed by atoms with Gasteiger partial charge in [-0.1, -0.05) is 43.1 Å². The molecular weight excluding hydrogens is 533 g/mol. The summed E-state index contributed by atoms with van der Waals surface area (Å²) in [5.41, 5.74) is 1.85. The highest BCUT2D eigenvalue weighted by Crippen LogP contribution is 2.33. The van der Waals surface area contributed by atoms with E-state index in [0.29, 0.717) is 18.2 Å². The molecule has 0 bridgehead atoms. The molecule has 2 amide bonds. The highest BCUT2D eigenvalue weighted by Gasteiger charge is 2.39. The van der Waals surface area contributed by atoms with Crippen LogP contribution in [0.4, 0.5) is 4.39 Å². The maximum atomic E-state index is 13.4. The molecule has 1 fully saturated rings. The first kappa shape index (κ1) is 31.6. The SMILES string of the molecule is CCCCc1ccc(Cl)cc1OCCN[C@H](C(=O)N(C)[C@H](C)C(=O)N[C@H](Cc1ccc(F)cc1)C(C)=O)C1CC1. The molecule has 1 aliphatic carbocycles. The molecule has 0 unspecified atom stereocenters. The van der Waals surface area contributed by atoms with E-state index in [0.717, 1.165) is 49.0 Å². The van der Waals surface area contributed by atoms with Gasteiger partial charge >= 0.3 is 0 Å². The number of benzene rings is 2. The zero-order chi connectivity index (χ0) is 29.2. The van der Waals surface area contributed by atoms with Crippen LogP contribution in [0.1, 0.15) is 57.6 Å². The van der Waals surface area contributed by atoms with Gasteiger partial charge in [0.25, 0.3) is 0 Å². The molecule has 1 saturated carbocycles. The number of Topliss-reactive ketones (excluding diaryl/α,β-unsaturated/α-hetero) is 1. The van der Waals surface area contributed by atoms with Gasteiger partial charge in [-0.05, 0) is 87.3 Å². The maximum Gasteiger partial charge on any atom is 0.243 e. The van der Waals surface area contributed by atoms with Gasteiger partial charge in [0.2, 0.25) is 11.8 Å². The zero-order valence-corrected chi connectivity index (χ0v) is 24.6. The Hall–Kier alpha value is -2.97. The third-order valence-corrected chi connectivity index (χ3v) is 7.62. The topological polar surface area (TPSA) is 87.7 Å². The number of rotatable bonds is 16. The molecule has 0 radical (unpaired) electrons. The number of hydrogen-bond donors (Lipinski definition) is 2.